The molecule has 1 aliphatic heterocycles. The van der Waals surface area contributed by atoms with Crippen molar-refractivity contribution in [3.8, 4) is 0 Å². The second-order valence-corrected chi connectivity index (χ2v) is 6.12. The molecule has 1 aromatic rings. The van der Waals surface area contributed by atoms with Crippen molar-refractivity contribution in [2.45, 2.75) is 26.1 Å². The smallest absolute Gasteiger partial charge is 0.410 e. The molecular weight excluding hydrogens is 268 g/mol. The topological polar surface area (TPSA) is 53.0 Å². The van der Waals surface area contributed by atoms with Gasteiger partial charge in [0.25, 0.3) is 0 Å². The van der Waals surface area contributed by atoms with Gasteiger partial charge in [-0.05, 0) is 19.4 Å². The summed E-state index contributed by atoms with van der Waals surface area (Å²) in [7, 11) is 0. The van der Waals surface area contributed by atoms with Crippen LogP contribution in [0.1, 0.15) is 19.4 Å². The lowest BCUT2D eigenvalue weighted by Crippen LogP contribution is -2.52. The van der Waals surface area contributed by atoms with Crippen LogP contribution in [0.5, 0.6) is 0 Å². The zero-order chi connectivity index (χ0) is 15.3. The maximum atomic E-state index is 12.0. The van der Waals surface area contributed by atoms with Gasteiger partial charge in [0.15, 0.2) is 0 Å². The average molecular weight is 292 g/mol. The van der Waals surface area contributed by atoms with Gasteiger partial charge in [0.2, 0.25) is 0 Å². The largest absolute Gasteiger partial charge is 0.445 e. The van der Waals surface area contributed by atoms with Crippen molar-refractivity contribution in [1.82, 2.24) is 9.80 Å². The van der Waals surface area contributed by atoms with Gasteiger partial charge in [-0.25, -0.2) is 4.79 Å². The van der Waals surface area contributed by atoms with Crippen LogP contribution in [0.4, 0.5) is 4.79 Å². The van der Waals surface area contributed by atoms with Crippen molar-refractivity contribution >= 4 is 6.09 Å². The lowest BCUT2D eigenvalue weighted by molar-refractivity contribution is 0.0153. The maximum Gasteiger partial charge on any atom is 0.410 e. The van der Waals surface area contributed by atoms with E-state index in [1.165, 1.54) is 0 Å². The highest BCUT2D eigenvalue weighted by molar-refractivity contribution is 5.67. The SMILES string of the molecule is CC(C)(O)CN1CCN(C(=O)OCc2ccccc2)CC1. The van der Waals surface area contributed by atoms with Crippen LogP contribution in [0.25, 0.3) is 0 Å². The lowest BCUT2D eigenvalue weighted by atomic mass is 10.1. The highest BCUT2D eigenvalue weighted by atomic mass is 16.6. The van der Waals surface area contributed by atoms with Crippen molar-refractivity contribution in [3.05, 3.63) is 35.9 Å². The fourth-order valence-electron chi connectivity index (χ4n) is 2.45. The molecule has 1 saturated heterocycles. The molecule has 5 nitrogen and oxygen atoms in total. The molecule has 1 N–H and O–H groups in total. The van der Waals surface area contributed by atoms with Crippen molar-refractivity contribution in [2.75, 3.05) is 32.7 Å². The predicted molar refractivity (Wildman–Crippen MR) is 80.9 cm³/mol. The first-order valence-electron chi connectivity index (χ1n) is 7.34. The third-order valence-electron chi connectivity index (χ3n) is 3.45. The minimum Gasteiger partial charge on any atom is -0.445 e. The summed E-state index contributed by atoms with van der Waals surface area (Å²) in [6.45, 7) is 7.35. The molecule has 0 aromatic heterocycles. The first-order valence-corrected chi connectivity index (χ1v) is 7.34. The van der Waals surface area contributed by atoms with E-state index < -0.39 is 5.60 Å². The van der Waals surface area contributed by atoms with Crippen LogP contribution in [-0.4, -0.2) is 59.3 Å². The lowest BCUT2D eigenvalue weighted by Gasteiger charge is -2.36. The molecule has 2 rings (SSSR count). The second kappa shape index (κ2) is 6.91. The number of hydrogen-bond donors (Lipinski definition) is 1. The Morgan fingerprint density at radius 1 is 1.19 bits per heavy atom. The van der Waals surface area contributed by atoms with Gasteiger partial charge >= 0.3 is 6.09 Å². The Morgan fingerprint density at radius 2 is 1.81 bits per heavy atom. The van der Waals surface area contributed by atoms with Gasteiger partial charge in [0.05, 0.1) is 5.60 Å². The molecule has 1 heterocycles. The summed E-state index contributed by atoms with van der Waals surface area (Å²) in [4.78, 5) is 15.9. The standard InChI is InChI=1S/C16H24N2O3/c1-16(2,20)13-17-8-10-18(11-9-17)15(19)21-12-14-6-4-3-5-7-14/h3-7,20H,8-13H2,1-2H3. The molecule has 0 unspecified atom stereocenters. The molecule has 0 aliphatic carbocycles. The summed E-state index contributed by atoms with van der Waals surface area (Å²) < 4.78 is 5.32. The molecule has 21 heavy (non-hydrogen) atoms. The van der Waals surface area contributed by atoms with Crippen LogP contribution in [0, 0.1) is 0 Å². The van der Waals surface area contributed by atoms with E-state index in [0.29, 0.717) is 26.2 Å². The van der Waals surface area contributed by atoms with E-state index >= 15 is 0 Å². The Kier molecular flexibility index (Phi) is 5.20. The minimum atomic E-state index is -0.698. The van der Waals surface area contributed by atoms with Crippen molar-refractivity contribution in [2.24, 2.45) is 0 Å². The minimum absolute atomic E-state index is 0.262. The third-order valence-corrected chi connectivity index (χ3v) is 3.45. The zero-order valence-electron chi connectivity index (χ0n) is 12.8. The number of rotatable bonds is 4. The van der Waals surface area contributed by atoms with E-state index in [4.69, 9.17) is 4.74 Å². The first kappa shape index (κ1) is 15.8. The molecule has 0 radical (unpaired) electrons. The number of carbonyl (C=O) groups excluding carboxylic acids is 1. The number of aliphatic hydroxyl groups is 1. The molecule has 0 atom stereocenters. The van der Waals surface area contributed by atoms with E-state index in [1.54, 1.807) is 18.7 Å². The quantitative estimate of drug-likeness (QED) is 0.918. The number of ether oxygens (including phenoxy) is 1. The monoisotopic (exact) mass is 292 g/mol. The second-order valence-electron chi connectivity index (χ2n) is 6.12. The predicted octanol–water partition coefficient (Wildman–Crippen LogP) is 1.71. The molecule has 0 spiro atoms. The number of piperazine rings is 1. The Bertz CT molecular complexity index is 448. The van der Waals surface area contributed by atoms with Crippen LogP contribution in [0.3, 0.4) is 0 Å². The Labute approximate surface area is 126 Å². The molecule has 1 amide bonds. The molecule has 5 heteroatoms. The number of nitrogens with zero attached hydrogens (tertiary/aromatic N) is 2. The molecule has 0 saturated carbocycles. The molecular formula is C16H24N2O3. The normalized spacial score (nSPS) is 16.8. The summed E-state index contributed by atoms with van der Waals surface area (Å²) >= 11 is 0. The molecule has 0 bridgehead atoms. The first-order chi connectivity index (χ1) is 9.94. The molecule has 1 aromatic carbocycles. The summed E-state index contributed by atoms with van der Waals surface area (Å²) in [6.07, 6.45) is -0.262. The van der Waals surface area contributed by atoms with E-state index in [1.807, 2.05) is 30.3 Å². The van der Waals surface area contributed by atoms with Gasteiger partial charge < -0.3 is 14.7 Å². The van der Waals surface area contributed by atoms with E-state index in [9.17, 15) is 9.90 Å². The van der Waals surface area contributed by atoms with E-state index in [0.717, 1.165) is 18.7 Å². The number of amides is 1. The van der Waals surface area contributed by atoms with Crippen LogP contribution in [-0.2, 0) is 11.3 Å². The number of β-amino-alcohol motifs (C(OH)–C–C–N with tert-alkyl or cyclic N) is 1. The number of carbonyl (C=O) groups is 1. The van der Waals surface area contributed by atoms with Crippen LogP contribution < -0.4 is 0 Å². The summed E-state index contributed by atoms with van der Waals surface area (Å²) in [5.41, 5.74) is 0.294. The maximum absolute atomic E-state index is 12.0. The molecule has 1 aliphatic rings. The number of benzene rings is 1. The molecule has 1 fully saturated rings. The van der Waals surface area contributed by atoms with Gasteiger partial charge in [-0.2, -0.15) is 0 Å². The summed E-state index contributed by atoms with van der Waals surface area (Å²) in [5, 5.41) is 9.81. The zero-order valence-corrected chi connectivity index (χ0v) is 12.8. The fourth-order valence-corrected chi connectivity index (χ4v) is 2.45. The Hall–Kier alpha value is -1.59. The van der Waals surface area contributed by atoms with Crippen LogP contribution in [0.2, 0.25) is 0 Å². The summed E-state index contributed by atoms with van der Waals surface area (Å²) in [5.74, 6) is 0. The van der Waals surface area contributed by atoms with Crippen LogP contribution >= 0.6 is 0 Å². The highest BCUT2D eigenvalue weighted by Crippen LogP contribution is 2.10. The fraction of sp³-hybridized carbons (Fsp3) is 0.562. The Balaban J connectivity index is 1.73. The summed E-state index contributed by atoms with van der Waals surface area (Å²) in [6, 6.07) is 9.67. The molecule has 116 valence electrons. The van der Waals surface area contributed by atoms with Crippen molar-refractivity contribution < 1.29 is 14.6 Å². The van der Waals surface area contributed by atoms with Gasteiger partial charge in [0, 0.05) is 32.7 Å². The van der Waals surface area contributed by atoms with Gasteiger partial charge in [-0.1, -0.05) is 30.3 Å². The van der Waals surface area contributed by atoms with Crippen molar-refractivity contribution in [3.63, 3.8) is 0 Å². The van der Waals surface area contributed by atoms with Gasteiger partial charge in [-0.3, -0.25) is 4.90 Å². The highest BCUT2D eigenvalue weighted by Gasteiger charge is 2.25. The third kappa shape index (κ3) is 5.36. The van der Waals surface area contributed by atoms with E-state index in [-0.39, 0.29) is 6.09 Å². The number of hydrogen-bond acceptors (Lipinski definition) is 4. The van der Waals surface area contributed by atoms with Crippen molar-refractivity contribution in [1.29, 1.82) is 0 Å². The van der Waals surface area contributed by atoms with Crippen LogP contribution in [0.15, 0.2) is 30.3 Å². The van der Waals surface area contributed by atoms with E-state index in [2.05, 4.69) is 4.90 Å². The Morgan fingerprint density at radius 3 is 2.38 bits per heavy atom. The average Bonchev–Trinajstić information content (AvgIpc) is 2.45. The van der Waals surface area contributed by atoms with Gasteiger partial charge in [-0.15, -0.1) is 0 Å². The van der Waals surface area contributed by atoms with Gasteiger partial charge in [0.1, 0.15) is 6.61 Å².